The van der Waals surface area contributed by atoms with Gasteiger partial charge in [-0.2, -0.15) is 0 Å². The van der Waals surface area contributed by atoms with Gasteiger partial charge >= 0.3 is 27.7 Å². The molecule has 0 aromatic heterocycles. The Morgan fingerprint density at radius 1 is 0.207 bits per heavy atom. The maximum atomic E-state index is 7.01. The van der Waals surface area contributed by atoms with E-state index in [1.807, 2.05) is 47.0 Å². The lowest BCUT2D eigenvalue weighted by Gasteiger charge is -2.31. The normalized spacial score (nSPS) is 13.9. The summed E-state index contributed by atoms with van der Waals surface area (Å²) >= 11 is 7.34. The first-order chi connectivity index (χ1) is 28.8. The van der Waals surface area contributed by atoms with Crippen LogP contribution >= 0.6 is 47.0 Å². The van der Waals surface area contributed by atoms with Crippen molar-refractivity contribution in [3.63, 3.8) is 0 Å². The highest BCUT2D eigenvalue weighted by atomic mass is 32.2. The van der Waals surface area contributed by atoms with Crippen LogP contribution in [0.5, 0.6) is 0 Å². The Morgan fingerprint density at radius 2 is 0.345 bits per heavy atom. The first-order valence-electron chi connectivity index (χ1n) is 19.5. The number of fused-ring (bicyclic) bond motifs is 8. The SMILES string of the molecule is c1ccc2c(c1)Sc1ccccc1B2OB1c2ccccc2Sc2ccccc21.c1ccc2c(c1)Sc1ccccc1B2OB1c2ccccc2Sc2ccccc21. The summed E-state index contributed by atoms with van der Waals surface area (Å²) < 4.78 is 14.0. The van der Waals surface area contributed by atoms with Gasteiger partial charge in [0.25, 0.3) is 0 Å². The quantitative estimate of drug-likeness (QED) is 0.176. The van der Waals surface area contributed by atoms with Crippen molar-refractivity contribution in [1.29, 1.82) is 0 Å². The van der Waals surface area contributed by atoms with Crippen LogP contribution in [0.25, 0.3) is 0 Å². The van der Waals surface area contributed by atoms with Gasteiger partial charge in [-0.3, -0.25) is 0 Å². The average molecular weight is 812 g/mol. The summed E-state index contributed by atoms with van der Waals surface area (Å²) in [6.07, 6.45) is 0. The molecular weight excluding hydrogens is 780 g/mol. The van der Waals surface area contributed by atoms with Crippen LogP contribution in [0, 0.1) is 0 Å². The molecule has 272 valence electrons. The highest BCUT2D eigenvalue weighted by Crippen LogP contribution is 2.34. The summed E-state index contributed by atoms with van der Waals surface area (Å²) in [5, 5.41) is 0. The summed E-state index contributed by atoms with van der Waals surface area (Å²) in [5.74, 6) is 0. The lowest BCUT2D eigenvalue weighted by atomic mass is 9.47. The van der Waals surface area contributed by atoms with Crippen LogP contribution in [0.1, 0.15) is 0 Å². The number of hydrogen-bond acceptors (Lipinski definition) is 6. The van der Waals surface area contributed by atoms with E-state index in [-0.39, 0.29) is 27.7 Å². The average Bonchev–Trinajstić information content (AvgIpc) is 3.28. The highest BCUT2D eigenvalue weighted by Gasteiger charge is 2.40. The summed E-state index contributed by atoms with van der Waals surface area (Å²) in [6, 6.07) is 69.0. The van der Waals surface area contributed by atoms with Gasteiger partial charge in [0.15, 0.2) is 0 Å². The maximum Gasteiger partial charge on any atom is 0.349 e. The highest BCUT2D eigenvalue weighted by molar-refractivity contribution is 8.01. The fraction of sp³-hybridized carbons (Fsp3) is 0. The van der Waals surface area contributed by atoms with Gasteiger partial charge in [0.05, 0.1) is 0 Å². The van der Waals surface area contributed by atoms with Crippen LogP contribution in [0.2, 0.25) is 0 Å². The van der Waals surface area contributed by atoms with Crippen molar-refractivity contribution in [2.45, 2.75) is 39.2 Å². The van der Waals surface area contributed by atoms with Crippen molar-refractivity contribution in [3.8, 4) is 0 Å². The molecule has 0 amide bonds. The van der Waals surface area contributed by atoms with Crippen molar-refractivity contribution < 1.29 is 9.14 Å². The van der Waals surface area contributed by atoms with Gasteiger partial charge in [0, 0.05) is 39.2 Å². The second-order valence-electron chi connectivity index (χ2n) is 14.5. The van der Waals surface area contributed by atoms with Crippen molar-refractivity contribution >= 4 is 118 Å². The van der Waals surface area contributed by atoms with Gasteiger partial charge < -0.3 is 9.14 Å². The minimum Gasteiger partial charge on any atom is -0.483 e. The molecule has 0 saturated heterocycles. The van der Waals surface area contributed by atoms with Gasteiger partial charge in [0.1, 0.15) is 0 Å². The molecule has 0 radical (unpaired) electrons. The van der Waals surface area contributed by atoms with Gasteiger partial charge in [-0.1, -0.05) is 193 Å². The van der Waals surface area contributed by atoms with E-state index >= 15 is 0 Å². The lowest BCUT2D eigenvalue weighted by molar-refractivity contribution is 0.628. The molecule has 0 atom stereocenters. The van der Waals surface area contributed by atoms with Crippen LogP contribution in [0.15, 0.2) is 233 Å². The molecule has 0 aliphatic carbocycles. The molecule has 4 heterocycles. The molecule has 2 nitrogen and oxygen atoms in total. The fourth-order valence-electron chi connectivity index (χ4n) is 8.32. The van der Waals surface area contributed by atoms with E-state index in [1.54, 1.807) is 0 Å². The number of hydrogen-bond donors (Lipinski definition) is 0. The molecule has 0 bridgehead atoms. The largest absolute Gasteiger partial charge is 0.483 e. The predicted molar refractivity (Wildman–Crippen MR) is 250 cm³/mol. The zero-order chi connectivity index (χ0) is 38.4. The minimum atomic E-state index is -0.0853. The van der Waals surface area contributed by atoms with Gasteiger partial charge in [-0.05, 0) is 92.2 Å². The third-order valence-corrected chi connectivity index (χ3v) is 15.8. The van der Waals surface area contributed by atoms with Crippen molar-refractivity contribution in [2.24, 2.45) is 0 Å². The fourth-order valence-corrected chi connectivity index (χ4v) is 12.8. The Kier molecular flexibility index (Phi) is 9.94. The molecule has 0 fully saturated rings. The predicted octanol–water partition coefficient (Wildman–Crippen LogP) is 7.09. The molecule has 4 aliphatic heterocycles. The Hall–Kier alpha value is -4.66. The second-order valence-corrected chi connectivity index (χ2v) is 18.8. The molecular formula is C48H32B4O2S4. The lowest BCUT2D eigenvalue weighted by Crippen LogP contribution is -2.59. The molecule has 0 spiro atoms. The van der Waals surface area contributed by atoms with E-state index in [2.05, 4.69) is 194 Å². The van der Waals surface area contributed by atoms with Crippen LogP contribution in [-0.2, 0) is 9.14 Å². The van der Waals surface area contributed by atoms with Crippen LogP contribution in [-0.4, -0.2) is 27.7 Å². The van der Waals surface area contributed by atoms with E-state index in [0.29, 0.717) is 0 Å². The van der Waals surface area contributed by atoms with Gasteiger partial charge in [0.2, 0.25) is 0 Å². The Labute approximate surface area is 358 Å². The third kappa shape index (κ3) is 6.70. The van der Waals surface area contributed by atoms with Crippen molar-refractivity contribution in [2.75, 3.05) is 0 Å². The first-order valence-corrected chi connectivity index (χ1v) is 22.8. The zero-order valence-corrected chi connectivity index (χ0v) is 34.5. The molecule has 4 aliphatic rings. The summed E-state index contributed by atoms with van der Waals surface area (Å²) in [5.41, 5.74) is 10.0. The first kappa shape index (κ1) is 36.4. The Balaban J connectivity index is 0.000000133. The Bertz CT molecular complexity index is 2270. The van der Waals surface area contributed by atoms with Gasteiger partial charge in [-0.15, -0.1) is 0 Å². The minimum absolute atomic E-state index is 0.0853. The zero-order valence-electron chi connectivity index (χ0n) is 31.2. The summed E-state index contributed by atoms with van der Waals surface area (Å²) in [4.78, 5) is 10.2. The molecule has 58 heavy (non-hydrogen) atoms. The van der Waals surface area contributed by atoms with E-state index in [4.69, 9.17) is 9.14 Å². The number of benzene rings is 8. The van der Waals surface area contributed by atoms with Crippen molar-refractivity contribution in [1.82, 2.24) is 0 Å². The van der Waals surface area contributed by atoms with E-state index in [1.165, 1.54) is 82.9 Å². The molecule has 10 heteroatoms. The number of rotatable bonds is 4. The van der Waals surface area contributed by atoms with Crippen molar-refractivity contribution in [3.05, 3.63) is 194 Å². The molecule has 0 N–H and O–H groups in total. The topological polar surface area (TPSA) is 18.5 Å². The molecule has 8 aromatic rings. The smallest absolute Gasteiger partial charge is 0.349 e. The standard InChI is InChI=1S/2C24H16B2OS2/c2*1-5-13-21-17(9-1)25(18-10-2-6-14-22(18)28-21)27-26-19-11-3-7-15-23(19)29-24-16-8-4-12-20(24)26/h2*1-16H. The molecule has 12 rings (SSSR count). The van der Waals surface area contributed by atoms with Crippen LogP contribution in [0.3, 0.4) is 0 Å². The van der Waals surface area contributed by atoms with Gasteiger partial charge in [-0.25, -0.2) is 0 Å². The maximum absolute atomic E-state index is 7.01. The molecule has 0 saturated carbocycles. The molecule has 0 unspecified atom stereocenters. The van der Waals surface area contributed by atoms with E-state index in [0.717, 1.165) is 0 Å². The van der Waals surface area contributed by atoms with E-state index in [9.17, 15) is 0 Å². The van der Waals surface area contributed by atoms with Crippen LogP contribution in [0.4, 0.5) is 0 Å². The monoisotopic (exact) mass is 812 g/mol. The third-order valence-electron chi connectivity index (χ3n) is 11.0. The molecule has 8 aromatic carbocycles. The second kappa shape index (κ2) is 15.8. The van der Waals surface area contributed by atoms with E-state index < -0.39 is 0 Å². The summed E-state index contributed by atoms with van der Waals surface area (Å²) in [7, 11) is 0. The Morgan fingerprint density at radius 3 is 0.500 bits per heavy atom. The summed E-state index contributed by atoms with van der Waals surface area (Å²) in [6.45, 7) is -0.341. The van der Waals surface area contributed by atoms with Crippen LogP contribution < -0.4 is 43.7 Å².